The molecule has 0 radical (unpaired) electrons. The molecule has 1 unspecified atom stereocenters. The van der Waals surface area contributed by atoms with Crippen LogP contribution in [0.5, 0.6) is 5.75 Å². The molecule has 172 valence electrons. The summed E-state index contributed by atoms with van der Waals surface area (Å²) in [5, 5.41) is 2.50. The Morgan fingerprint density at radius 1 is 1.18 bits per heavy atom. The van der Waals surface area contributed by atoms with Gasteiger partial charge in [0.2, 0.25) is 5.91 Å². The van der Waals surface area contributed by atoms with Crippen LogP contribution in [0, 0.1) is 30.3 Å². The molecule has 0 saturated heterocycles. The molecular formula is C24H22F3N3O3. The van der Waals surface area contributed by atoms with Crippen LogP contribution >= 0.6 is 0 Å². The van der Waals surface area contributed by atoms with Crippen LogP contribution in [0.1, 0.15) is 23.5 Å². The van der Waals surface area contributed by atoms with Crippen molar-refractivity contribution in [2.24, 2.45) is 5.92 Å². The van der Waals surface area contributed by atoms with Gasteiger partial charge in [0.25, 0.3) is 0 Å². The molecule has 0 bridgehead atoms. The Balaban J connectivity index is 1.58. The van der Waals surface area contributed by atoms with Gasteiger partial charge in [0.05, 0.1) is 31.0 Å². The molecule has 1 aliphatic carbocycles. The van der Waals surface area contributed by atoms with Crippen LogP contribution < -0.4 is 10.1 Å². The van der Waals surface area contributed by atoms with Crippen molar-refractivity contribution in [2.45, 2.75) is 25.4 Å². The number of hydrogen-bond donors (Lipinski definition) is 1. The summed E-state index contributed by atoms with van der Waals surface area (Å²) >= 11 is 0. The van der Waals surface area contributed by atoms with Gasteiger partial charge in [-0.1, -0.05) is 12.1 Å². The zero-order chi connectivity index (χ0) is 23.6. The van der Waals surface area contributed by atoms with E-state index in [0.29, 0.717) is 35.3 Å². The van der Waals surface area contributed by atoms with Crippen molar-refractivity contribution in [2.75, 3.05) is 19.0 Å². The maximum absolute atomic E-state index is 14.0. The summed E-state index contributed by atoms with van der Waals surface area (Å²) in [6.45, 7) is 2.00. The van der Waals surface area contributed by atoms with Crippen molar-refractivity contribution < 1.29 is 27.4 Å². The predicted octanol–water partition coefficient (Wildman–Crippen LogP) is 4.32. The second-order valence-corrected chi connectivity index (χ2v) is 7.99. The molecule has 33 heavy (non-hydrogen) atoms. The second-order valence-electron chi connectivity index (χ2n) is 7.99. The highest BCUT2D eigenvalue weighted by molar-refractivity contribution is 5.96. The Labute approximate surface area is 188 Å². The van der Waals surface area contributed by atoms with Crippen molar-refractivity contribution in [3.8, 4) is 5.75 Å². The number of aryl methyl sites for hydroxylation is 1. The summed E-state index contributed by atoms with van der Waals surface area (Å²) in [6, 6.07) is 8.87. The van der Waals surface area contributed by atoms with Crippen molar-refractivity contribution >= 4 is 11.6 Å². The maximum Gasteiger partial charge on any atom is 0.228 e. The van der Waals surface area contributed by atoms with Gasteiger partial charge in [-0.05, 0) is 43.2 Å². The minimum Gasteiger partial charge on any atom is -0.489 e. The monoisotopic (exact) mass is 457 g/mol. The average molecular weight is 457 g/mol. The van der Waals surface area contributed by atoms with Gasteiger partial charge in [0, 0.05) is 18.6 Å². The van der Waals surface area contributed by atoms with Crippen LogP contribution in [-0.2, 0) is 21.6 Å². The molecule has 1 saturated carbocycles. The summed E-state index contributed by atoms with van der Waals surface area (Å²) < 4.78 is 52.4. The van der Waals surface area contributed by atoms with Gasteiger partial charge in [-0.15, -0.1) is 0 Å². The number of ether oxygens (including phenoxy) is 2. The lowest BCUT2D eigenvalue weighted by Gasteiger charge is -2.20. The number of benzene rings is 2. The molecule has 4 rings (SSSR count). The summed E-state index contributed by atoms with van der Waals surface area (Å²) in [6.07, 6.45) is 1.89. The molecule has 2 atom stereocenters. The minimum absolute atomic E-state index is 0.0452. The van der Waals surface area contributed by atoms with E-state index in [0.717, 1.165) is 12.1 Å². The smallest absolute Gasteiger partial charge is 0.228 e. The lowest BCUT2D eigenvalue weighted by molar-refractivity contribution is -0.117. The third-order valence-electron chi connectivity index (χ3n) is 5.70. The van der Waals surface area contributed by atoms with E-state index >= 15 is 0 Å². The molecular weight excluding hydrogens is 435 g/mol. The Morgan fingerprint density at radius 2 is 1.97 bits per heavy atom. The minimum atomic E-state index is -0.877. The van der Waals surface area contributed by atoms with Crippen LogP contribution in [0.25, 0.3) is 0 Å². The van der Waals surface area contributed by atoms with E-state index in [1.807, 2.05) is 0 Å². The summed E-state index contributed by atoms with van der Waals surface area (Å²) in [4.78, 5) is 21.4. The molecule has 2 aromatic carbocycles. The van der Waals surface area contributed by atoms with Crippen molar-refractivity contribution in [3.63, 3.8) is 0 Å². The van der Waals surface area contributed by atoms with Crippen LogP contribution in [0.15, 0.2) is 48.7 Å². The van der Waals surface area contributed by atoms with Crippen LogP contribution in [-0.4, -0.2) is 29.6 Å². The van der Waals surface area contributed by atoms with E-state index in [1.54, 1.807) is 19.1 Å². The number of carbonyl (C=O) groups excluding carboxylic acids is 1. The highest BCUT2D eigenvalue weighted by Gasteiger charge is 2.60. The van der Waals surface area contributed by atoms with Gasteiger partial charge in [-0.3, -0.25) is 4.79 Å². The first-order valence-corrected chi connectivity index (χ1v) is 10.3. The molecule has 1 heterocycles. The fraction of sp³-hybridized carbons (Fsp3) is 0.292. The van der Waals surface area contributed by atoms with Gasteiger partial charge in [0.1, 0.15) is 29.0 Å². The third kappa shape index (κ3) is 4.83. The van der Waals surface area contributed by atoms with E-state index in [9.17, 15) is 18.0 Å². The van der Waals surface area contributed by atoms with Crippen LogP contribution in [0.3, 0.4) is 0 Å². The quantitative estimate of drug-likeness (QED) is 0.545. The number of halogens is 3. The maximum atomic E-state index is 14.0. The standard InChI is InChI=1S/C24H22F3N3O3/c1-14-28-11-22(21(29-14)12-32-2)33-13-24(15-4-3-5-16(25)8-15)10-18(24)23(31)30-20-7-6-17(26)9-19(20)27/h3-9,11,18H,10,12-13H2,1-2H3,(H,30,31)/t18?,24-/m1/s1. The number of carbonyl (C=O) groups is 1. The van der Waals surface area contributed by atoms with Crippen LogP contribution in [0.2, 0.25) is 0 Å². The summed E-state index contributed by atoms with van der Waals surface area (Å²) in [7, 11) is 1.53. The highest BCUT2D eigenvalue weighted by Crippen LogP contribution is 2.55. The average Bonchev–Trinajstić information content (AvgIpc) is 3.51. The van der Waals surface area contributed by atoms with Gasteiger partial charge < -0.3 is 14.8 Å². The second kappa shape index (κ2) is 9.19. The first kappa shape index (κ1) is 22.7. The topological polar surface area (TPSA) is 73.3 Å². The van der Waals surface area contributed by atoms with Gasteiger partial charge in [0.15, 0.2) is 5.75 Å². The number of rotatable bonds is 8. The predicted molar refractivity (Wildman–Crippen MR) is 114 cm³/mol. The first-order chi connectivity index (χ1) is 15.8. The molecule has 1 aliphatic rings. The molecule has 1 amide bonds. The molecule has 3 aromatic rings. The van der Waals surface area contributed by atoms with E-state index in [2.05, 4.69) is 15.3 Å². The molecule has 1 N–H and O–H groups in total. The van der Waals surface area contributed by atoms with Crippen molar-refractivity contribution in [1.82, 2.24) is 9.97 Å². The van der Waals surface area contributed by atoms with Gasteiger partial charge in [-0.2, -0.15) is 0 Å². The third-order valence-corrected chi connectivity index (χ3v) is 5.70. The Hall–Kier alpha value is -3.46. The van der Waals surface area contributed by atoms with Crippen molar-refractivity contribution in [3.05, 3.63) is 83.2 Å². The molecule has 1 aromatic heterocycles. The highest BCUT2D eigenvalue weighted by atomic mass is 19.1. The molecule has 1 fully saturated rings. The Morgan fingerprint density at radius 3 is 2.70 bits per heavy atom. The first-order valence-electron chi connectivity index (χ1n) is 10.3. The number of anilines is 1. The lowest BCUT2D eigenvalue weighted by Crippen LogP contribution is -2.27. The zero-order valence-electron chi connectivity index (χ0n) is 18.1. The van der Waals surface area contributed by atoms with Crippen molar-refractivity contribution in [1.29, 1.82) is 0 Å². The number of nitrogens with zero attached hydrogens (tertiary/aromatic N) is 2. The van der Waals surface area contributed by atoms with Gasteiger partial charge >= 0.3 is 0 Å². The van der Waals surface area contributed by atoms with Crippen LogP contribution in [0.4, 0.5) is 18.9 Å². The number of methoxy groups -OCH3 is 1. The largest absolute Gasteiger partial charge is 0.489 e. The zero-order valence-corrected chi connectivity index (χ0v) is 18.1. The number of aromatic nitrogens is 2. The van der Waals surface area contributed by atoms with E-state index in [1.165, 1.54) is 25.4 Å². The Bertz CT molecular complexity index is 1190. The van der Waals surface area contributed by atoms with E-state index < -0.39 is 34.7 Å². The van der Waals surface area contributed by atoms with Gasteiger partial charge in [-0.25, -0.2) is 23.1 Å². The number of amides is 1. The molecule has 9 heteroatoms. The summed E-state index contributed by atoms with van der Waals surface area (Å²) in [5.74, 6) is -2.19. The molecule has 0 aliphatic heterocycles. The number of hydrogen-bond acceptors (Lipinski definition) is 5. The fourth-order valence-corrected chi connectivity index (χ4v) is 3.89. The Kier molecular flexibility index (Phi) is 6.33. The van der Waals surface area contributed by atoms with E-state index in [4.69, 9.17) is 9.47 Å². The molecule has 0 spiro atoms. The van der Waals surface area contributed by atoms with E-state index in [-0.39, 0.29) is 18.9 Å². The lowest BCUT2D eigenvalue weighted by atomic mass is 9.93. The number of nitrogens with one attached hydrogen (secondary N) is 1. The fourth-order valence-electron chi connectivity index (χ4n) is 3.89. The SMILES string of the molecule is COCc1nc(C)ncc1OC[C@@]1(c2cccc(F)c2)CC1C(=O)Nc1ccc(F)cc1F. The molecule has 6 nitrogen and oxygen atoms in total. The summed E-state index contributed by atoms with van der Waals surface area (Å²) in [5.41, 5.74) is 0.174. The normalized spacial score (nSPS) is 19.2.